The highest BCUT2D eigenvalue weighted by atomic mass is 79.9. The first-order valence-electron chi connectivity index (χ1n) is 5.83. The molecule has 0 saturated carbocycles. The molecule has 108 valence electrons. The van der Waals surface area contributed by atoms with E-state index in [4.69, 9.17) is 16.3 Å². The topological polar surface area (TPSA) is 69.4 Å². The van der Waals surface area contributed by atoms with Gasteiger partial charge in [0.05, 0.1) is 10.5 Å². The predicted octanol–water partition coefficient (Wildman–Crippen LogP) is 4.37. The van der Waals surface area contributed by atoms with Gasteiger partial charge >= 0.3 is 5.97 Å². The molecule has 0 radical (unpaired) electrons. The summed E-state index contributed by atoms with van der Waals surface area (Å²) in [5.74, 6) is -0.638. The Balaban J connectivity index is 2.11. The molecule has 2 aromatic rings. The zero-order chi connectivity index (χ0) is 15.4. The molecular formula is C14H9BrClNO4. The molecule has 21 heavy (non-hydrogen) atoms. The number of nitro groups is 1. The Morgan fingerprint density at radius 2 is 1.90 bits per heavy atom. The fourth-order valence-electron chi connectivity index (χ4n) is 1.59. The Morgan fingerprint density at radius 3 is 2.52 bits per heavy atom. The highest BCUT2D eigenvalue weighted by molar-refractivity contribution is 9.10. The van der Waals surface area contributed by atoms with E-state index in [0.29, 0.717) is 9.50 Å². The molecule has 0 N–H and O–H groups in total. The molecule has 0 aliphatic rings. The molecule has 0 aliphatic carbocycles. The second-order valence-corrected chi connectivity index (χ2v) is 5.41. The number of non-ortho nitro benzene ring substituents is 1. The molecule has 0 spiro atoms. The first kappa shape index (κ1) is 15.5. The Morgan fingerprint density at radius 1 is 1.24 bits per heavy atom. The van der Waals surface area contributed by atoms with Crippen molar-refractivity contribution in [3.8, 4) is 0 Å². The quantitative estimate of drug-likeness (QED) is 0.455. The molecule has 0 fully saturated rings. The maximum absolute atomic E-state index is 12.0. The van der Waals surface area contributed by atoms with Crippen LogP contribution in [0.3, 0.4) is 0 Å². The number of nitro benzene ring substituents is 1. The van der Waals surface area contributed by atoms with Crippen molar-refractivity contribution in [1.82, 2.24) is 0 Å². The van der Waals surface area contributed by atoms with Crippen LogP contribution in [0.25, 0.3) is 0 Å². The summed E-state index contributed by atoms with van der Waals surface area (Å²) >= 11 is 8.94. The third-order valence-electron chi connectivity index (χ3n) is 2.66. The smallest absolute Gasteiger partial charge is 0.339 e. The summed E-state index contributed by atoms with van der Waals surface area (Å²) < 4.78 is 5.57. The van der Waals surface area contributed by atoms with Crippen LogP contribution in [0.15, 0.2) is 46.9 Å². The van der Waals surface area contributed by atoms with Gasteiger partial charge in [0.1, 0.15) is 6.61 Å². The standard InChI is InChI=1S/C14H9BrClNO4/c15-13-6-5-11(17(19)20)7-12(13)14(18)21-8-9-1-3-10(16)4-2-9/h1-7H,8H2. The van der Waals surface area contributed by atoms with Gasteiger partial charge in [-0.15, -0.1) is 0 Å². The zero-order valence-electron chi connectivity index (χ0n) is 10.6. The van der Waals surface area contributed by atoms with Gasteiger partial charge in [0, 0.05) is 21.6 Å². The van der Waals surface area contributed by atoms with Gasteiger partial charge < -0.3 is 4.74 Å². The van der Waals surface area contributed by atoms with Crippen LogP contribution in [0.4, 0.5) is 5.69 Å². The van der Waals surface area contributed by atoms with Gasteiger partial charge in [0.25, 0.3) is 5.69 Å². The monoisotopic (exact) mass is 369 g/mol. The highest BCUT2D eigenvalue weighted by Crippen LogP contribution is 2.23. The average Bonchev–Trinajstić information content (AvgIpc) is 2.46. The Hall–Kier alpha value is -1.92. The molecule has 0 unspecified atom stereocenters. The lowest BCUT2D eigenvalue weighted by atomic mass is 10.2. The van der Waals surface area contributed by atoms with E-state index in [1.165, 1.54) is 18.2 Å². The van der Waals surface area contributed by atoms with Crippen LogP contribution in [0.1, 0.15) is 15.9 Å². The Bertz CT molecular complexity index is 688. The minimum atomic E-state index is -0.638. The van der Waals surface area contributed by atoms with Crippen molar-refractivity contribution in [3.05, 3.63) is 73.2 Å². The largest absolute Gasteiger partial charge is 0.457 e. The van der Waals surface area contributed by atoms with Crippen molar-refractivity contribution in [2.45, 2.75) is 6.61 Å². The summed E-state index contributed by atoms with van der Waals surface area (Å²) in [6.07, 6.45) is 0. The molecule has 0 atom stereocenters. The average molecular weight is 371 g/mol. The van der Waals surface area contributed by atoms with E-state index in [9.17, 15) is 14.9 Å². The maximum atomic E-state index is 12.0. The number of rotatable bonds is 4. The summed E-state index contributed by atoms with van der Waals surface area (Å²) in [7, 11) is 0. The number of halogens is 2. The molecule has 0 saturated heterocycles. The van der Waals surface area contributed by atoms with Crippen molar-refractivity contribution in [3.63, 3.8) is 0 Å². The lowest BCUT2D eigenvalue weighted by Gasteiger charge is -2.06. The van der Waals surface area contributed by atoms with E-state index in [-0.39, 0.29) is 17.9 Å². The summed E-state index contributed by atoms with van der Waals surface area (Å²) in [4.78, 5) is 22.1. The number of carbonyl (C=O) groups is 1. The van der Waals surface area contributed by atoms with E-state index in [2.05, 4.69) is 15.9 Å². The molecule has 0 aromatic heterocycles. The number of hydrogen-bond donors (Lipinski definition) is 0. The number of hydrogen-bond acceptors (Lipinski definition) is 4. The van der Waals surface area contributed by atoms with Crippen molar-refractivity contribution in [1.29, 1.82) is 0 Å². The van der Waals surface area contributed by atoms with Crippen LogP contribution in [0.2, 0.25) is 5.02 Å². The van der Waals surface area contributed by atoms with Crippen LogP contribution in [0, 0.1) is 10.1 Å². The van der Waals surface area contributed by atoms with E-state index < -0.39 is 10.9 Å². The van der Waals surface area contributed by atoms with Crippen LogP contribution in [-0.4, -0.2) is 10.9 Å². The Kier molecular flexibility index (Phi) is 4.93. The van der Waals surface area contributed by atoms with Gasteiger partial charge in [0.2, 0.25) is 0 Å². The fourth-order valence-corrected chi connectivity index (χ4v) is 2.12. The van der Waals surface area contributed by atoms with Crippen molar-refractivity contribution < 1.29 is 14.5 Å². The van der Waals surface area contributed by atoms with Crippen molar-refractivity contribution in [2.24, 2.45) is 0 Å². The summed E-state index contributed by atoms with van der Waals surface area (Å²) in [5, 5.41) is 11.3. The van der Waals surface area contributed by atoms with E-state index in [1.54, 1.807) is 24.3 Å². The van der Waals surface area contributed by atoms with Gasteiger partial charge in [-0.25, -0.2) is 4.79 Å². The molecule has 2 aromatic carbocycles. The fraction of sp³-hybridized carbons (Fsp3) is 0.0714. The summed E-state index contributed by atoms with van der Waals surface area (Å²) in [6.45, 7) is 0.0606. The minimum absolute atomic E-state index is 0.0606. The number of nitrogens with zero attached hydrogens (tertiary/aromatic N) is 1. The van der Waals surface area contributed by atoms with Gasteiger partial charge in [-0.1, -0.05) is 23.7 Å². The van der Waals surface area contributed by atoms with Gasteiger partial charge in [-0.3, -0.25) is 10.1 Å². The van der Waals surface area contributed by atoms with Crippen LogP contribution < -0.4 is 0 Å². The predicted molar refractivity (Wildman–Crippen MR) is 81.4 cm³/mol. The van der Waals surface area contributed by atoms with E-state index >= 15 is 0 Å². The molecule has 7 heteroatoms. The maximum Gasteiger partial charge on any atom is 0.339 e. The number of esters is 1. The van der Waals surface area contributed by atoms with Crippen LogP contribution >= 0.6 is 27.5 Å². The first-order valence-corrected chi connectivity index (χ1v) is 7.00. The van der Waals surface area contributed by atoms with Crippen LogP contribution in [-0.2, 0) is 11.3 Å². The third kappa shape index (κ3) is 4.03. The second-order valence-electron chi connectivity index (χ2n) is 4.12. The van der Waals surface area contributed by atoms with Crippen molar-refractivity contribution in [2.75, 3.05) is 0 Å². The molecule has 0 amide bonds. The number of ether oxygens (including phenoxy) is 1. The molecule has 0 heterocycles. The van der Waals surface area contributed by atoms with Gasteiger partial charge in [0.15, 0.2) is 0 Å². The normalized spacial score (nSPS) is 10.2. The number of benzene rings is 2. The Labute approximate surface area is 133 Å². The van der Waals surface area contributed by atoms with Gasteiger partial charge in [-0.2, -0.15) is 0 Å². The SMILES string of the molecule is O=C(OCc1ccc(Cl)cc1)c1cc([N+](=O)[O-])ccc1Br. The zero-order valence-corrected chi connectivity index (χ0v) is 12.9. The molecule has 2 rings (SSSR count). The molecule has 5 nitrogen and oxygen atoms in total. The van der Waals surface area contributed by atoms with Crippen molar-refractivity contribution >= 4 is 39.2 Å². The summed E-state index contributed by atoms with van der Waals surface area (Å²) in [5.41, 5.74) is 0.712. The lowest BCUT2D eigenvalue weighted by molar-refractivity contribution is -0.384. The molecular weight excluding hydrogens is 362 g/mol. The second kappa shape index (κ2) is 6.69. The van der Waals surface area contributed by atoms with Gasteiger partial charge in [-0.05, 0) is 39.7 Å². The number of carbonyl (C=O) groups excluding carboxylic acids is 1. The van der Waals surface area contributed by atoms with E-state index in [1.807, 2.05) is 0 Å². The summed E-state index contributed by atoms with van der Waals surface area (Å²) in [6, 6.07) is 10.8. The van der Waals surface area contributed by atoms with Crippen LogP contribution in [0.5, 0.6) is 0 Å². The molecule has 0 aliphatic heterocycles. The highest BCUT2D eigenvalue weighted by Gasteiger charge is 2.16. The third-order valence-corrected chi connectivity index (χ3v) is 3.61. The molecule has 0 bridgehead atoms. The first-order chi connectivity index (χ1) is 9.97. The lowest BCUT2D eigenvalue weighted by Crippen LogP contribution is -2.06. The van der Waals surface area contributed by atoms with E-state index in [0.717, 1.165) is 5.56 Å². The minimum Gasteiger partial charge on any atom is -0.457 e.